The van der Waals surface area contributed by atoms with E-state index in [9.17, 15) is 28.8 Å². The number of rotatable bonds is 8. The number of amides is 6. The van der Waals surface area contributed by atoms with Gasteiger partial charge in [0.1, 0.15) is 36.0 Å². The number of likely N-dealkylation sites (N-methyl/N-ethyl adjacent to an activating group) is 1. The number of hydrogen-bond acceptors (Lipinski definition) is 9. The topological polar surface area (TPSA) is 185 Å². The summed E-state index contributed by atoms with van der Waals surface area (Å²) >= 11 is 0. The average Bonchev–Trinajstić information content (AvgIpc) is 3.66. The van der Waals surface area contributed by atoms with E-state index in [1.807, 2.05) is 13.8 Å². The highest BCUT2D eigenvalue weighted by atomic mass is 16.5. The standard InChI is InChI=1S/C40H62N6O9/c1-26(2)21-31-36(48)41-27(3)39(51)46-18-12-17-34(46)38(50)44-33(40(52)45(4)5)25-54-20-10-9-19-53-24-32(37(49)42-31)43-35(47)29-15-11-16-30(22-29)55-23-28-13-7-6-8-14-28/h11,15-16,22,26-28,31-34H,6-10,12-14,17-21,23-25H2,1-5H3,(H,41,48)(H,42,49)(H,43,47)(H,44,50)/t27-,31-,32-,33-,34-/m0/s1. The van der Waals surface area contributed by atoms with Gasteiger partial charge < -0.3 is 45.3 Å². The van der Waals surface area contributed by atoms with Gasteiger partial charge in [0, 0.05) is 39.4 Å². The van der Waals surface area contributed by atoms with Crippen LogP contribution in [0.4, 0.5) is 0 Å². The summed E-state index contributed by atoms with van der Waals surface area (Å²) in [7, 11) is 3.18. The van der Waals surface area contributed by atoms with Gasteiger partial charge in [-0.2, -0.15) is 0 Å². The van der Waals surface area contributed by atoms with Gasteiger partial charge in [-0.3, -0.25) is 28.8 Å². The van der Waals surface area contributed by atoms with Crippen molar-refractivity contribution in [3.8, 4) is 5.75 Å². The fourth-order valence-corrected chi connectivity index (χ4v) is 7.19. The number of ether oxygens (including phenoxy) is 3. The maximum Gasteiger partial charge on any atom is 0.252 e. The molecule has 1 aliphatic carbocycles. The van der Waals surface area contributed by atoms with Crippen molar-refractivity contribution < 1.29 is 43.0 Å². The van der Waals surface area contributed by atoms with E-state index in [0.717, 1.165) is 12.8 Å². The summed E-state index contributed by atoms with van der Waals surface area (Å²) in [5, 5.41) is 11.1. The van der Waals surface area contributed by atoms with E-state index in [1.54, 1.807) is 38.4 Å². The van der Waals surface area contributed by atoms with Crippen LogP contribution in [-0.2, 0) is 33.4 Å². The minimum atomic E-state index is -1.15. The van der Waals surface area contributed by atoms with Crippen molar-refractivity contribution in [3.63, 3.8) is 0 Å². The monoisotopic (exact) mass is 770 g/mol. The first kappa shape index (κ1) is 43.5. The Hall–Kier alpha value is -4.24. The molecule has 2 saturated heterocycles. The molecule has 306 valence electrons. The van der Waals surface area contributed by atoms with Gasteiger partial charge in [0.2, 0.25) is 29.5 Å². The van der Waals surface area contributed by atoms with Gasteiger partial charge in [-0.1, -0.05) is 39.2 Å². The molecule has 0 spiro atoms. The second kappa shape index (κ2) is 21.7. The smallest absolute Gasteiger partial charge is 0.252 e. The van der Waals surface area contributed by atoms with Gasteiger partial charge in [-0.25, -0.2) is 0 Å². The van der Waals surface area contributed by atoms with Crippen LogP contribution in [0.2, 0.25) is 0 Å². The number of nitrogens with one attached hydrogen (secondary N) is 4. The van der Waals surface area contributed by atoms with Gasteiger partial charge >= 0.3 is 0 Å². The highest BCUT2D eigenvalue weighted by Crippen LogP contribution is 2.25. The van der Waals surface area contributed by atoms with Crippen LogP contribution in [-0.4, -0.2) is 129 Å². The van der Waals surface area contributed by atoms with E-state index < -0.39 is 59.7 Å². The largest absolute Gasteiger partial charge is 0.493 e. The van der Waals surface area contributed by atoms with E-state index in [1.165, 1.54) is 36.0 Å². The first-order chi connectivity index (χ1) is 26.3. The Labute approximate surface area is 325 Å². The molecule has 5 atom stereocenters. The quantitative estimate of drug-likeness (QED) is 0.308. The highest BCUT2D eigenvalue weighted by molar-refractivity contribution is 5.99. The summed E-state index contributed by atoms with van der Waals surface area (Å²) in [6, 6.07) is 1.88. The number of fused-ring (bicyclic) bond motifs is 1. The fraction of sp³-hybridized carbons (Fsp3) is 0.700. The summed E-state index contributed by atoms with van der Waals surface area (Å²) in [5.41, 5.74) is 0.316. The van der Waals surface area contributed by atoms with E-state index >= 15 is 0 Å². The number of nitrogens with zero attached hydrogens (tertiary/aromatic N) is 2. The molecule has 0 radical (unpaired) electrons. The number of hydrogen-bond donors (Lipinski definition) is 4. The van der Waals surface area contributed by atoms with Crippen molar-refractivity contribution in [1.82, 2.24) is 31.1 Å². The molecule has 15 heteroatoms. The molecule has 1 aromatic carbocycles. The summed E-state index contributed by atoms with van der Waals surface area (Å²) in [5.74, 6) is -1.90. The third-order valence-electron chi connectivity index (χ3n) is 10.3. The highest BCUT2D eigenvalue weighted by Gasteiger charge is 2.39. The normalized spacial score (nSPS) is 25.9. The SMILES string of the molecule is CC(C)C[C@@H]1NC(=O)[C@@H](NC(=O)c2cccc(OCC3CCCCC3)c2)COCCCCOC[C@@H](C(=O)N(C)C)NC(=O)[C@@H]2CCCN2C(=O)[C@H](C)NC1=O. The Morgan fingerprint density at radius 2 is 1.60 bits per heavy atom. The van der Waals surface area contributed by atoms with Gasteiger partial charge in [-0.05, 0) is 81.9 Å². The van der Waals surface area contributed by atoms with E-state index in [0.29, 0.717) is 56.1 Å². The minimum Gasteiger partial charge on any atom is -0.493 e. The van der Waals surface area contributed by atoms with Crippen LogP contribution in [0.3, 0.4) is 0 Å². The number of benzene rings is 1. The summed E-state index contributed by atoms with van der Waals surface area (Å²) < 4.78 is 17.7. The van der Waals surface area contributed by atoms with Gasteiger partial charge in [0.25, 0.3) is 5.91 Å². The van der Waals surface area contributed by atoms with Crippen LogP contribution in [0.25, 0.3) is 0 Å². The molecule has 4 rings (SSSR count). The van der Waals surface area contributed by atoms with E-state index in [4.69, 9.17) is 14.2 Å². The molecule has 2 aliphatic heterocycles. The second-order valence-corrected chi connectivity index (χ2v) is 15.6. The molecule has 0 aromatic heterocycles. The van der Waals surface area contributed by atoms with Crippen LogP contribution in [0.1, 0.15) is 95.3 Å². The maximum atomic E-state index is 13.9. The Kier molecular flexibility index (Phi) is 17.2. The van der Waals surface area contributed by atoms with Gasteiger partial charge in [0.05, 0.1) is 19.8 Å². The lowest BCUT2D eigenvalue weighted by atomic mass is 9.90. The van der Waals surface area contributed by atoms with Crippen molar-refractivity contribution in [2.75, 3.05) is 53.7 Å². The van der Waals surface area contributed by atoms with Crippen molar-refractivity contribution in [2.45, 2.75) is 115 Å². The van der Waals surface area contributed by atoms with Crippen molar-refractivity contribution in [1.29, 1.82) is 0 Å². The third-order valence-corrected chi connectivity index (χ3v) is 10.3. The molecule has 1 aromatic rings. The van der Waals surface area contributed by atoms with Crippen LogP contribution >= 0.6 is 0 Å². The van der Waals surface area contributed by atoms with Crippen molar-refractivity contribution in [2.24, 2.45) is 11.8 Å². The zero-order valence-electron chi connectivity index (χ0n) is 33.2. The Morgan fingerprint density at radius 1 is 0.891 bits per heavy atom. The summed E-state index contributed by atoms with van der Waals surface area (Å²) in [6.45, 7) is 6.55. The zero-order chi connectivity index (χ0) is 39.9. The molecular formula is C40H62N6O9. The van der Waals surface area contributed by atoms with Crippen LogP contribution in [0, 0.1) is 11.8 Å². The number of carbonyl (C=O) groups is 6. The lowest BCUT2D eigenvalue weighted by Gasteiger charge is -2.30. The zero-order valence-corrected chi connectivity index (χ0v) is 33.2. The lowest BCUT2D eigenvalue weighted by Crippen LogP contribution is -2.59. The van der Waals surface area contributed by atoms with Gasteiger partial charge in [0.15, 0.2) is 0 Å². The molecule has 2 heterocycles. The Morgan fingerprint density at radius 3 is 2.29 bits per heavy atom. The predicted octanol–water partition coefficient (Wildman–Crippen LogP) is 2.17. The van der Waals surface area contributed by atoms with Crippen LogP contribution in [0.5, 0.6) is 5.75 Å². The van der Waals surface area contributed by atoms with Crippen molar-refractivity contribution in [3.05, 3.63) is 29.8 Å². The maximum absolute atomic E-state index is 13.9. The Balaban J connectivity index is 1.51. The third kappa shape index (κ3) is 13.5. The lowest BCUT2D eigenvalue weighted by molar-refractivity contribution is -0.143. The molecule has 1 saturated carbocycles. The molecule has 3 fully saturated rings. The molecule has 0 unspecified atom stereocenters. The predicted molar refractivity (Wildman–Crippen MR) is 205 cm³/mol. The number of carbonyl (C=O) groups excluding carboxylic acids is 6. The first-order valence-electron chi connectivity index (χ1n) is 20.0. The van der Waals surface area contributed by atoms with Gasteiger partial charge in [-0.15, -0.1) is 0 Å². The van der Waals surface area contributed by atoms with E-state index in [-0.39, 0.29) is 44.7 Å². The van der Waals surface area contributed by atoms with E-state index in [2.05, 4.69) is 21.3 Å². The second-order valence-electron chi connectivity index (χ2n) is 15.6. The van der Waals surface area contributed by atoms with Crippen molar-refractivity contribution >= 4 is 35.4 Å². The molecule has 3 aliphatic rings. The minimum absolute atomic E-state index is 0.0103. The molecular weight excluding hydrogens is 708 g/mol. The average molecular weight is 771 g/mol. The molecule has 15 nitrogen and oxygen atoms in total. The molecule has 6 amide bonds. The Bertz CT molecular complexity index is 1470. The summed E-state index contributed by atoms with van der Waals surface area (Å²) in [6.07, 6.45) is 8.26. The molecule has 4 N–H and O–H groups in total. The summed E-state index contributed by atoms with van der Waals surface area (Å²) in [4.78, 5) is 84.0. The first-order valence-corrected chi connectivity index (χ1v) is 20.0. The van der Waals surface area contributed by atoms with Crippen LogP contribution < -0.4 is 26.0 Å². The fourth-order valence-electron chi connectivity index (χ4n) is 7.19. The molecule has 0 bridgehead atoms. The molecule has 55 heavy (non-hydrogen) atoms. The van der Waals surface area contributed by atoms with Crippen LogP contribution in [0.15, 0.2) is 24.3 Å².